The van der Waals surface area contributed by atoms with Crippen LogP contribution < -0.4 is 21.9 Å². The number of nitrogens with one attached hydrogen (secondary N) is 3. The number of anilines is 3. The maximum atomic E-state index is 11.6. The summed E-state index contributed by atoms with van der Waals surface area (Å²) in [5, 5.41) is 15.2. The number of aromatic nitrogens is 2. The second-order valence-corrected chi connectivity index (χ2v) is 3.86. The van der Waals surface area contributed by atoms with Crippen LogP contribution in [0.4, 0.5) is 17.5 Å². The van der Waals surface area contributed by atoms with E-state index in [9.17, 15) is 14.7 Å². The Bertz CT molecular complexity index is 512. The summed E-state index contributed by atoms with van der Waals surface area (Å²) in [6.07, 6.45) is -1.17. The molecule has 92 valence electrons. The number of ketones is 1. The molecule has 1 aromatic rings. The van der Waals surface area contributed by atoms with Crippen molar-refractivity contribution in [1.82, 2.24) is 9.97 Å². The number of aliphatic hydroxyl groups is 1. The number of nitrogens with two attached hydrogens (primary N) is 1. The summed E-state index contributed by atoms with van der Waals surface area (Å²) in [5.41, 5.74) is 5.12. The third-order valence-electron chi connectivity index (χ3n) is 2.55. The third kappa shape index (κ3) is 2.07. The Labute approximate surface area is 96.2 Å². The first-order chi connectivity index (χ1) is 7.99. The highest BCUT2D eigenvalue weighted by molar-refractivity contribution is 5.82. The van der Waals surface area contributed by atoms with Crippen LogP contribution in [0.1, 0.15) is 6.92 Å². The zero-order valence-electron chi connectivity index (χ0n) is 9.15. The average Bonchev–Trinajstić information content (AvgIpc) is 2.27. The molecule has 6 N–H and O–H groups in total. The average molecular weight is 239 g/mol. The molecule has 1 aromatic heterocycles. The summed E-state index contributed by atoms with van der Waals surface area (Å²) in [5.74, 6) is -0.0422. The molecule has 2 unspecified atom stereocenters. The number of carbonyl (C=O) groups is 1. The van der Waals surface area contributed by atoms with Crippen LogP contribution in [-0.2, 0) is 4.79 Å². The largest absolute Gasteiger partial charge is 0.383 e. The number of aromatic amines is 1. The second kappa shape index (κ2) is 4.06. The van der Waals surface area contributed by atoms with E-state index < -0.39 is 17.7 Å². The van der Waals surface area contributed by atoms with Gasteiger partial charge in [-0.2, -0.15) is 4.98 Å². The van der Waals surface area contributed by atoms with Crippen molar-refractivity contribution in [2.75, 3.05) is 22.9 Å². The van der Waals surface area contributed by atoms with E-state index in [-0.39, 0.29) is 24.0 Å². The smallest absolute Gasteiger partial charge is 0.277 e. The lowest BCUT2D eigenvalue weighted by atomic mass is 10.1. The fraction of sp³-hybridized carbons (Fsp3) is 0.444. The number of carbonyl (C=O) groups excluding carboxylic acids is 1. The van der Waals surface area contributed by atoms with Crippen LogP contribution in [-0.4, -0.2) is 39.5 Å². The molecule has 0 fully saturated rings. The molecule has 1 aliphatic heterocycles. The number of hydrogen-bond donors (Lipinski definition) is 5. The summed E-state index contributed by atoms with van der Waals surface area (Å²) < 4.78 is 0. The molecule has 0 saturated heterocycles. The fourth-order valence-corrected chi connectivity index (χ4v) is 1.67. The van der Waals surface area contributed by atoms with Crippen molar-refractivity contribution >= 4 is 23.2 Å². The van der Waals surface area contributed by atoms with Gasteiger partial charge in [-0.1, -0.05) is 0 Å². The van der Waals surface area contributed by atoms with Crippen LogP contribution in [0.5, 0.6) is 0 Å². The van der Waals surface area contributed by atoms with Gasteiger partial charge in [-0.05, 0) is 6.92 Å². The van der Waals surface area contributed by atoms with Gasteiger partial charge >= 0.3 is 0 Å². The molecule has 8 heteroatoms. The summed E-state index contributed by atoms with van der Waals surface area (Å²) >= 11 is 0. The number of aliphatic hydroxyl groups excluding tert-OH is 1. The van der Waals surface area contributed by atoms with E-state index in [1.165, 1.54) is 6.92 Å². The van der Waals surface area contributed by atoms with E-state index >= 15 is 0 Å². The van der Waals surface area contributed by atoms with E-state index in [4.69, 9.17) is 5.73 Å². The molecule has 0 spiro atoms. The summed E-state index contributed by atoms with van der Waals surface area (Å²) in [6, 6.07) is -0.563. The van der Waals surface area contributed by atoms with Crippen LogP contribution in [0.3, 0.4) is 0 Å². The van der Waals surface area contributed by atoms with Gasteiger partial charge in [-0.25, -0.2) is 0 Å². The lowest BCUT2D eigenvalue weighted by Crippen LogP contribution is -2.47. The van der Waals surface area contributed by atoms with E-state index in [1.807, 2.05) is 0 Å². The normalized spacial score (nSPS) is 19.8. The van der Waals surface area contributed by atoms with Gasteiger partial charge in [0.2, 0.25) is 5.95 Å². The Morgan fingerprint density at radius 2 is 2.35 bits per heavy atom. The molecule has 0 saturated carbocycles. The van der Waals surface area contributed by atoms with Crippen molar-refractivity contribution in [1.29, 1.82) is 0 Å². The minimum atomic E-state index is -1.17. The maximum Gasteiger partial charge on any atom is 0.277 e. The first-order valence-electron chi connectivity index (χ1n) is 5.07. The van der Waals surface area contributed by atoms with Crippen LogP contribution >= 0.6 is 0 Å². The molecule has 1 aliphatic rings. The zero-order chi connectivity index (χ0) is 12.6. The van der Waals surface area contributed by atoms with Crippen LogP contribution in [0.15, 0.2) is 4.79 Å². The number of fused-ring (bicyclic) bond motifs is 1. The van der Waals surface area contributed by atoms with Gasteiger partial charge < -0.3 is 21.5 Å². The molecule has 2 atom stereocenters. The van der Waals surface area contributed by atoms with Gasteiger partial charge in [-0.15, -0.1) is 0 Å². The highest BCUT2D eigenvalue weighted by atomic mass is 16.3. The van der Waals surface area contributed by atoms with E-state index in [0.29, 0.717) is 5.82 Å². The molecule has 0 aliphatic carbocycles. The Morgan fingerprint density at radius 1 is 1.65 bits per heavy atom. The molecule has 17 heavy (non-hydrogen) atoms. The Morgan fingerprint density at radius 3 is 3.00 bits per heavy atom. The molecule has 0 amide bonds. The summed E-state index contributed by atoms with van der Waals surface area (Å²) in [7, 11) is 0. The van der Waals surface area contributed by atoms with E-state index in [1.54, 1.807) is 0 Å². The van der Waals surface area contributed by atoms with Crippen LogP contribution in [0, 0.1) is 0 Å². The third-order valence-corrected chi connectivity index (χ3v) is 2.55. The van der Waals surface area contributed by atoms with Gasteiger partial charge in [0, 0.05) is 6.54 Å². The molecular formula is C9H13N5O3. The van der Waals surface area contributed by atoms with Crippen molar-refractivity contribution in [3.8, 4) is 0 Å². The van der Waals surface area contributed by atoms with Gasteiger partial charge in [0.1, 0.15) is 11.8 Å². The Kier molecular flexibility index (Phi) is 2.72. The predicted molar refractivity (Wildman–Crippen MR) is 61.9 cm³/mol. The monoisotopic (exact) mass is 239 g/mol. The minimum absolute atomic E-state index is 0.00798. The quantitative estimate of drug-likeness (QED) is 0.424. The first-order valence-corrected chi connectivity index (χ1v) is 5.07. The van der Waals surface area contributed by atoms with Crippen molar-refractivity contribution < 1.29 is 9.90 Å². The fourth-order valence-electron chi connectivity index (χ4n) is 1.67. The minimum Gasteiger partial charge on any atom is -0.383 e. The number of rotatable bonds is 2. The maximum absolute atomic E-state index is 11.6. The predicted octanol–water partition coefficient (Wildman–Crippen LogP) is -1.49. The molecule has 2 heterocycles. The highest BCUT2D eigenvalue weighted by Crippen LogP contribution is 2.20. The molecule has 0 radical (unpaired) electrons. The summed E-state index contributed by atoms with van der Waals surface area (Å²) in [6.45, 7) is 1.57. The number of nitrogen functional groups attached to an aromatic ring is 1. The Hall–Kier alpha value is -2.09. The molecule has 2 rings (SSSR count). The van der Waals surface area contributed by atoms with Gasteiger partial charge in [-0.3, -0.25) is 14.6 Å². The lowest BCUT2D eigenvalue weighted by Gasteiger charge is -2.29. The number of Topliss-reactive ketones (excluding diaryl/α,β-unsaturated/α-hetero) is 1. The Balaban J connectivity index is 2.30. The number of hydrogen-bond acceptors (Lipinski definition) is 7. The number of H-pyrrole nitrogens is 1. The standard InChI is InChI=1S/C9H13N5O3/c1-3(15)6(16)4-2-11-7-5(12-4)8(17)14-9(10)13-7/h4,6,12,16H,2H2,1H3,(H4,10,11,13,14,17). The van der Waals surface area contributed by atoms with Gasteiger partial charge in [0.15, 0.2) is 11.6 Å². The molecular weight excluding hydrogens is 226 g/mol. The second-order valence-electron chi connectivity index (χ2n) is 3.86. The van der Waals surface area contributed by atoms with Crippen molar-refractivity contribution in [2.45, 2.75) is 19.1 Å². The van der Waals surface area contributed by atoms with Crippen LogP contribution in [0.2, 0.25) is 0 Å². The number of nitrogens with zero attached hydrogens (tertiary/aromatic N) is 1. The van der Waals surface area contributed by atoms with Crippen LogP contribution in [0.25, 0.3) is 0 Å². The summed E-state index contributed by atoms with van der Waals surface area (Å²) in [4.78, 5) is 28.9. The van der Waals surface area contributed by atoms with E-state index in [0.717, 1.165) is 0 Å². The highest BCUT2D eigenvalue weighted by Gasteiger charge is 2.29. The van der Waals surface area contributed by atoms with E-state index in [2.05, 4.69) is 20.6 Å². The van der Waals surface area contributed by atoms with Crippen molar-refractivity contribution in [2.24, 2.45) is 0 Å². The first kappa shape index (κ1) is 11.4. The molecule has 0 aromatic carbocycles. The van der Waals surface area contributed by atoms with Gasteiger partial charge in [0.25, 0.3) is 5.56 Å². The zero-order valence-corrected chi connectivity index (χ0v) is 9.15. The van der Waals surface area contributed by atoms with Crippen molar-refractivity contribution in [3.63, 3.8) is 0 Å². The molecule has 8 nitrogen and oxygen atoms in total. The van der Waals surface area contributed by atoms with Crippen molar-refractivity contribution in [3.05, 3.63) is 10.4 Å². The molecule has 0 bridgehead atoms. The topological polar surface area (TPSA) is 133 Å². The SMILES string of the molecule is CC(=O)C(O)C1CNc2nc(N)[nH]c(=O)c2N1. The van der Waals surface area contributed by atoms with Gasteiger partial charge in [0.05, 0.1) is 6.04 Å². The lowest BCUT2D eigenvalue weighted by molar-refractivity contribution is -0.125.